The van der Waals surface area contributed by atoms with Crippen LogP contribution in [0.25, 0.3) is 0 Å². The fourth-order valence-corrected chi connectivity index (χ4v) is 2.35. The van der Waals surface area contributed by atoms with Gasteiger partial charge in [-0.3, -0.25) is 5.43 Å². The van der Waals surface area contributed by atoms with E-state index in [1.165, 1.54) is 11.1 Å². The lowest BCUT2D eigenvalue weighted by molar-refractivity contribution is 0.153. The average molecular weight is 284 g/mol. The van der Waals surface area contributed by atoms with Crippen LogP contribution in [-0.2, 0) is 19.6 Å². The fourth-order valence-electron chi connectivity index (χ4n) is 2.35. The summed E-state index contributed by atoms with van der Waals surface area (Å²) in [6, 6.07) is 11.4. The molecule has 1 aromatic carbocycles. The second-order valence-electron chi connectivity index (χ2n) is 4.90. The summed E-state index contributed by atoms with van der Waals surface area (Å²) in [6.45, 7) is 1.98. The molecule has 6 heteroatoms. The van der Waals surface area contributed by atoms with Crippen LogP contribution in [0.5, 0.6) is 0 Å². The zero-order chi connectivity index (χ0) is 14.7. The number of fused-ring (bicyclic) bond motifs is 1. The zero-order valence-electron chi connectivity index (χ0n) is 11.4. The summed E-state index contributed by atoms with van der Waals surface area (Å²) >= 11 is 0. The number of pyridine rings is 1. The first-order valence-corrected chi connectivity index (χ1v) is 6.72. The number of nitrogens with zero attached hydrogens (tertiary/aromatic N) is 2. The average Bonchev–Trinajstić information content (AvgIpc) is 2.95. The number of anilines is 1. The Hall–Kier alpha value is -2.60. The highest BCUT2D eigenvalue weighted by molar-refractivity contribution is 5.67. The molecule has 1 aromatic heterocycles. The first kappa shape index (κ1) is 13.4. The summed E-state index contributed by atoms with van der Waals surface area (Å²) in [6.07, 6.45) is 0.572. The molecule has 0 fully saturated rings. The first-order valence-electron chi connectivity index (χ1n) is 6.72. The van der Waals surface area contributed by atoms with Gasteiger partial charge < -0.3 is 10.4 Å². The Labute approximate surface area is 122 Å². The van der Waals surface area contributed by atoms with Crippen molar-refractivity contribution in [3.05, 3.63) is 59.3 Å². The van der Waals surface area contributed by atoms with E-state index in [1.807, 2.05) is 18.2 Å². The summed E-state index contributed by atoms with van der Waals surface area (Å²) in [5, 5.41) is 13.7. The van der Waals surface area contributed by atoms with Gasteiger partial charge in [0, 0.05) is 19.3 Å². The zero-order valence-corrected chi connectivity index (χ0v) is 11.4. The van der Waals surface area contributed by atoms with Crippen LogP contribution in [0, 0.1) is 0 Å². The van der Waals surface area contributed by atoms with E-state index in [-0.39, 0.29) is 6.54 Å². The van der Waals surface area contributed by atoms with Crippen molar-refractivity contribution < 1.29 is 9.90 Å². The lowest BCUT2D eigenvalue weighted by Gasteiger charge is -2.20. The van der Waals surface area contributed by atoms with Crippen LogP contribution in [0.15, 0.2) is 42.6 Å². The van der Waals surface area contributed by atoms with Crippen LogP contribution in [0.2, 0.25) is 0 Å². The maximum Gasteiger partial charge on any atom is 0.426 e. The van der Waals surface area contributed by atoms with E-state index in [9.17, 15) is 9.90 Å². The maximum atomic E-state index is 11.4. The van der Waals surface area contributed by atoms with Gasteiger partial charge in [0.2, 0.25) is 0 Å². The SMILES string of the molecule is O=C(O)N(Cc1ccc2c(c1)CNC2)Nc1ccccn1. The molecule has 0 saturated heterocycles. The molecular weight excluding hydrogens is 268 g/mol. The number of nitrogens with one attached hydrogen (secondary N) is 2. The quantitative estimate of drug-likeness (QED) is 0.750. The Morgan fingerprint density at radius 3 is 2.90 bits per heavy atom. The van der Waals surface area contributed by atoms with Crippen molar-refractivity contribution >= 4 is 11.9 Å². The van der Waals surface area contributed by atoms with Crippen molar-refractivity contribution in [2.75, 3.05) is 5.43 Å². The van der Waals surface area contributed by atoms with Gasteiger partial charge in [-0.05, 0) is 28.8 Å². The number of hydrogen-bond acceptors (Lipinski definition) is 4. The predicted molar refractivity (Wildman–Crippen MR) is 78.4 cm³/mol. The van der Waals surface area contributed by atoms with E-state index in [0.29, 0.717) is 5.82 Å². The van der Waals surface area contributed by atoms with Crippen molar-refractivity contribution in [3.8, 4) is 0 Å². The van der Waals surface area contributed by atoms with Gasteiger partial charge in [0.1, 0.15) is 5.82 Å². The molecule has 0 saturated carbocycles. The molecule has 21 heavy (non-hydrogen) atoms. The van der Waals surface area contributed by atoms with Gasteiger partial charge in [0.15, 0.2) is 0 Å². The highest BCUT2D eigenvalue weighted by Crippen LogP contribution is 2.18. The number of hydrogen-bond donors (Lipinski definition) is 3. The van der Waals surface area contributed by atoms with Crippen molar-refractivity contribution in [2.24, 2.45) is 0 Å². The molecular formula is C15H16N4O2. The summed E-state index contributed by atoms with van der Waals surface area (Å²) in [5.41, 5.74) is 6.26. The number of aromatic nitrogens is 1. The van der Waals surface area contributed by atoms with Crippen LogP contribution < -0.4 is 10.7 Å². The normalized spacial score (nSPS) is 12.8. The minimum Gasteiger partial charge on any atom is -0.464 e. The Bertz CT molecular complexity index is 645. The van der Waals surface area contributed by atoms with E-state index < -0.39 is 6.09 Å². The minimum atomic E-state index is -1.04. The van der Waals surface area contributed by atoms with Crippen LogP contribution in [-0.4, -0.2) is 21.2 Å². The second-order valence-corrected chi connectivity index (χ2v) is 4.90. The molecule has 3 rings (SSSR count). The third-order valence-electron chi connectivity index (χ3n) is 3.39. The van der Waals surface area contributed by atoms with Crippen LogP contribution in [0.1, 0.15) is 16.7 Å². The molecule has 2 aromatic rings. The van der Waals surface area contributed by atoms with Crippen LogP contribution >= 0.6 is 0 Å². The molecule has 0 atom stereocenters. The number of rotatable bonds is 4. The molecule has 0 aliphatic carbocycles. The Morgan fingerprint density at radius 2 is 2.14 bits per heavy atom. The summed E-state index contributed by atoms with van der Waals surface area (Å²) in [7, 11) is 0. The molecule has 2 heterocycles. The van der Waals surface area contributed by atoms with Gasteiger partial charge in [0.25, 0.3) is 0 Å². The molecule has 108 valence electrons. The molecule has 1 aliphatic heterocycles. The summed E-state index contributed by atoms with van der Waals surface area (Å²) in [4.78, 5) is 15.4. The Balaban J connectivity index is 1.75. The van der Waals surface area contributed by atoms with Gasteiger partial charge in [-0.25, -0.2) is 14.8 Å². The van der Waals surface area contributed by atoms with Crippen molar-refractivity contribution in [1.82, 2.24) is 15.3 Å². The van der Waals surface area contributed by atoms with Crippen LogP contribution in [0.3, 0.4) is 0 Å². The Kier molecular flexibility index (Phi) is 3.70. The Morgan fingerprint density at radius 1 is 1.29 bits per heavy atom. The number of carbonyl (C=O) groups is 1. The molecule has 1 aliphatic rings. The van der Waals surface area contributed by atoms with Crippen molar-refractivity contribution in [2.45, 2.75) is 19.6 Å². The fraction of sp³-hybridized carbons (Fsp3) is 0.200. The van der Waals surface area contributed by atoms with E-state index in [2.05, 4.69) is 15.7 Å². The highest BCUT2D eigenvalue weighted by atomic mass is 16.4. The lowest BCUT2D eigenvalue weighted by atomic mass is 10.1. The minimum absolute atomic E-state index is 0.263. The third-order valence-corrected chi connectivity index (χ3v) is 3.39. The molecule has 0 spiro atoms. The molecule has 1 amide bonds. The van der Waals surface area contributed by atoms with Crippen LogP contribution in [0.4, 0.5) is 10.6 Å². The smallest absolute Gasteiger partial charge is 0.426 e. The van der Waals surface area contributed by atoms with Crippen molar-refractivity contribution in [1.29, 1.82) is 0 Å². The number of benzene rings is 1. The molecule has 6 nitrogen and oxygen atoms in total. The topological polar surface area (TPSA) is 77.5 Å². The largest absolute Gasteiger partial charge is 0.464 e. The summed E-state index contributed by atoms with van der Waals surface area (Å²) in [5.74, 6) is 0.503. The molecule has 0 unspecified atom stereocenters. The lowest BCUT2D eigenvalue weighted by Crippen LogP contribution is -2.34. The van der Waals surface area contributed by atoms with E-state index in [0.717, 1.165) is 23.7 Å². The monoisotopic (exact) mass is 284 g/mol. The van der Waals surface area contributed by atoms with Gasteiger partial charge in [-0.1, -0.05) is 24.3 Å². The summed E-state index contributed by atoms with van der Waals surface area (Å²) < 4.78 is 0. The number of hydrazine groups is 1. The van der Waals surface area contributed by atoms with Gasteiger partial charge in [-0.15, -0.1) is 0 Å². The first-order chi connectivity index (χ1) is 10.2. The van der Waals surface area contributed by atoms with Gasteiger partial charge in [0.05, 0.1) is 6.54 Å². The maximum absolute atomic E-state index is 11.4. The standard InChI is InChI=1S/C15H16N4O2/c20-15(21)19(18-14-3-1-2-6-17-14)10-11-4-5-12-8-16-9-13(12)7-11/h1-7,16H,8-10H2,(H,17,18)(H,20,21). The van der Waals surface area contributed by atoms with Crippen molar-refractivity contribution in [3.63, 3.8) is 0 Å². The number of carboxylic acid groups (broad SMARTS) is 1. The predicted octanol–water partition coefficient (Wildman–Crippen LogP) is 2.19. The van der Waals surface area contributed by atoms with Gasteiger partial charge >= 0.3 is 6.09 Å². The molecule has 3 N–H and O–H groups in total. The number of amides is 1. The van der Waals surface area contributed by atoms with E-state index in [1.54, 1.807) is 24.4 Å². The third kappa shape index (κ3) is 3.11. The van der Waals surface area contributed by atoms with E-state index in [4.69, 9.17) is 0 Å². The second kappa shape index (κ2) is 5.80. The highest BCUT2D eigenvalue weighted by Gasteiger charge is 2.15. The molecule has 0 radical (unpaired) electrons. The molecule has 0 bridgehead atoms. The van der Waals surface area contributed by atoms with Gasteiger partial charge in [-0.2, -0.15) is 0 Å². The van der Waals surface area contributed by atoms with E-state index >= 15 is 0 Å².